The summed E-state index contributed by atoms with van der Waals surface area (Å²) in [6.07, 6.45) is 10.1. The van der Waals surface area contributed by atoms with Gasteiger partial charge in [0.1, 0.15) is 0 Å². The molecule has 0 N–H and O–H groups in total. The maximum Gasteiger partial charge on any atom is 0.0151 e. The quantitative estimate of drug-likeness (QED) is 0.691. The monoisotopic (exact) mass is 232 g/mol. The highest BCUT2D eigenvalue weighted by Crippen LogP contribution is 2.35. The summed E-state index contributed by atoms with van der Waals surface area (Å²) in [5, 5.41) is 0. The van der Waals surface area contributed by atoms with Crippen LogP contribution in [0.2, 0.25) is 0 Å². The molecule has 1 aromatic carbocycles. The van der Waals surface area contributed by atoms with Crippen molar-refractivity contribution >= 4 is 11.8 Å². The SMILES string of the molecule is CCCCC1=CCCCc2ccccc2S1. The van der Waals surface area contributed by atoms with E-state index in [2.05, 4.69) is 37.3 Å². The lowest BCUT2D eigenvalue weighted by atomic mass is 10.1. The highest BCUT2D eigenvalue weighted by Gasteiger charge is 2.08. The van der Waals surface area contributed by atoms with E-state index in [9.17, 15) is 0 Å². The molecule has 0 atom stereocenters. The number of allylic oxidation sites excluding steroid dienone is 2. The Morgan fingerprint density at radius 1 is 1.25 bits per heavy atom. The average molecular weight is 232 g/mol. The summed E-state index contributed by atoms with van der Waals surface area (Å²) < 4.78 is 0. The van der Waals surface area contributed by atoms with Gasteiger partial charge in [-0.25, -0.2) is 0 Å². The van der Waals surface area contributed by atoms with E-state index in [0.717, 1.165) is 0 Å². The van der Waals surface area contributed by atoms with Crippen LogP contribution in [-0.2, 0) is 6.42 Å². The van der Waals surface area contributed by atoms with Gasteiger partial charge in [0.05, 0.1) is 0 Å². The molecule has 16 heavy (non-hydrogen) atoms. The van der Waals surface area contributed by atoms with Crippen LogP contribution in [0.25, 0.3) is 0 Å². The van der Waals surface area contributed by atoms with Crippen LogP contribution < -0.4 is 0 Å². The third-order valence-electron chi connectivity index (χ3n) is 3.01. The van der Waals surface area contributed by atoms with Gasteiger partial charge in [-0.05, 0) is 48.6 Å². The summed E-state index contributed by atoms with van der Waals surface area (Å²) >= 11 is 1.99. The second-order valence-corrected chi connectivity index (χ2v) is 5.54. The molecule has 2 rings (SSSR count). The van der Waals surface area contributed by atoms with Crippen molar-refractivity contribution in [3.05, 3.63) is 40.8 Å². The van der Waals surface area contributed by atoms with E-state index in [1.54, 1.807) is 4.91 Å². The van der Waals surface area contributed by atoms with E-state index in [0.29, 0.717) is 0 Å². The van der Waals surface area contributed by atoms with Crippen molar-refractivity contribution in [1.29, 1.82) is 0 Å². The van der Waals surface area contributed by atoms with Crippen molar-refractivity contribution in [2.45, 2.75) is 50.3 Å². The zero-order valence-corrected chi connectivity index (χ0v) is 10.9. The Kier molecular flexibility index (Phi) is 4.53. The topological polar surface area (TPSA) is 0 Å². The highest BCUT2D eigenvalue weighted by molar-refractivity contribution is 8.03. The predicted octanol–water partition coefficient (Wildman–Crippen LogP) is 5.19. The van der Waals surface area contributed by atoms with Crippen LogP contribution in [0.1, 0.15) is 44.6 Å². The van der Waals surface area contributed by atoms with E-state index < -0.39 is 0 Å². The van der Waals surface area contributed by atoms with Gasteiger partial charge in [-0.2, -0.15) is 0 Å². The number of fused-ring (bicyclic) bond motifs is 1. The maximum atomic E-state index is 2.45. The molecule has 0 aliphatic carbocycles. The fourth-order valence-electron chi connectivity index (χ4n) is 2.05. The Bertz CT molecular complexity index is 365. The van der Waals surface area contributed by atoms with Crippen molar-refractivity contribution in [3.63, 3.8) is 0 Å². The summed E-state index contributed by atoms with van der Waals surface area (Å²) in [6.45, 7) is 2.27. The van der Waals surface area contributed by atoms with Gasteiger partial charge >= 0.3 is 0 Å². The van der Waals surface area contributed by atoms with Gasteiger partial charge in [0.15, 0.2) is 0 Å². The van der Waals surface area contributed by atoms with Crippen LogP contribution in [0.15, 0.2) is 40.1 Å². The number of aryl methyl sites for hydroxylation is 1. The maximum absolute atomic E-state index is 2.45. The van der Waals surface area contributed by atoms with Crippen LogP contribution in [0, 0.1) is 0 Å². The van der Waals surface area contributed by atoms with E-state index in [1.807, 2.05) is 11.8 Å². The second-order valence-electron chi connectivity index (χ2n) is 4.38. The van der Waals surface area contributed by atoms with Gasteiger partial charge < -0.3 is 0 Å². The largest absolute Gasteiger partial charge is 0.0946 e. The van der Waals surface area contributed by atoms with Crippen molar-refractivity contribution in [2.75, 3.05) is 0 Å². The fourth-order valence-corrected chi connectivity index (χ4v) is 3.23. The predicted molar refractivity (Wildman–Crippen MR) is 72.8 cm³/mol. The Labute approximate surface area is 103 Å². The fraction of sp³-hybridized carbons (Fsp3) is 0.467. The minimum atomic E-state index is 1.24. The summed E-state index contributed by atoms with van der Waals surface area (Å²) in [6, 6.07) is 8.87. The molecule has 86 valence electrons. The third kappa shape index (κ3) is 3.15. The minimum absolute atomic E-state index is 1.24. The van der Waals surface area contributed by atoms with E-state index >= 15 is 0 Å². The molecule has 1 heteroatoms. The van der Waals surface area contributed by atoms with Crippen LogP contribution >= 0.6 is 11.8 Å². The third-order valence-corrected chi connectivity index (χ3v) is 4.26. The lowest BCUT2D eigenvalue weighted by molar-refractivity contribution is 0.788. The van der Waals surface area contributed by atoms with E-state index in [-0.39, 0.29) is 0 Å². The Balaban J connectivity index is 2.13. The zero-order valence-electron chi connectivity index (χ0n) is 10.0. The molecule has 1 aromatic rings. The number of thioether (sulfide) groups is 1. The molecule has 0 saturated carbocycles. The van der Waals surface area contributed by atoms with Crippen molar-refractivity contribution in [3.8, 4) is 0 Å². The molecular formula is C15H20S. The molecule has 1 aliphatic heterocycles. The number of unbranched alkanes of at least 4 members (excludes halogenated alkanes) is 1. The van der Waals surface area contributed by atoms with Gasteiger partial charge in [-0.3, -0.25) is 0 Å². The van der Waals surface area contributed by atoms with Crippen LogP contribution in [0.5, 0.6) is 0 Å². The first-order valence-electron chi connectivity index (χ1n) is 6.35. The Morgan fingerprint density at radius 3 is 3.00 bits per heavy atom. The number of hydrogen-bond donors (Lipinski definition) is 0. The highest BCUT2D eigenvalue weighted by atomic mass is 32.2. The molecular weight excluding hydrogens is 212 g/mol. The van der Waals surface area contributed by atoms with Gasteiger partial charge in [0.2, 0.25) is 0 Å². The van der Waals surface area contributed by atoms with E-state index in [4.69, 9.17) is 0 Å². The first-order valence-corrected chi connectivity index (χ1v) is 7.16. The molecule has 0 spiro atoms. The van der Waals surface area contributed by atoms with Gasteiger partial charge in [-0.1, -0.05) is 49.4 Å². The van der Waals surface area contributed by atoms with Crippen molar-refractivity contribution < 1.29 is 0 Å². The standard InChI is InChI=1S/C15H20S/c1-2-3-10-14-11-6-4-8-13-9-5-7-12-15(13)16-14/h5,7,9,11-12H,2-4,6,8,10H2,1H3. The van der Waals surface area contributed by atoms with Crippen LogP contribution in [-0.4, -0.2) is 0 Å². The first-order chi connectivity index (χ1) is 7.90. The lowest BCUT2D eigenvalue weighted by Gasteiger charge is -2.14. The van der Waals surface area contributed by atoms with Crippen LogP contribution in [0.3, 0.4) is 0 Å². The van der Waals surface area contributed by atoms with Crippen molar-refractivity contribution in [1.82, 2.24) is 0 Å². The summed E-state index contributed by atoms with van der Waals surface area (Å²) in [5.41, 5.74) is 1.54. The lowest BCUT2D eigenvalue weighted by Crippen LogP contribution is -1.93. The normalized spacial score (nSPS) is 15.9. The molecule has 0 amide bonds. The van der Waals surface area contributed by atoms with Crippen molar-refractivity contribution in [2.24, 2.45) is 0 Å². The molecule has 0 radical (unpaired) electrons. The minimum Gasteiger partial charge on any atom is -0.0946 e. The Morgan fingerprint density at radius 2 is 2.12 bits per heavy atom. The molecule has 0 fully saturated rings. The zero-order chi connectivity index (χ0) is 11.2. The number of rotatable bonds is 3. The smallest absolute Gasteiger partial charge is 0.0151 e. The number of benzene rings is 1. The van der Waals surface area contributed by atoms with Gasteiger partial charge in [0.25, 0.3) is 0 Å². The van der Waals surface area contributed by atoms with Crippen LogP contribution in [0.4, 0.5) is 0 Å². The summed E-state index contributed by atoms with van der Waals surface area (Å²) in [7, 11) is 0. The van der Waals surface area contributed by atoms with E-state index in [1.165, 1.54) is 49.0 Å². The Hall–Kier alpha value is -0.690. The molecule has 0 nitrogen and oxygen atoms in total. The molecule has 0 aromatic heterocycles. The number of hydrogen-bond acceptors (Lipinski definition) is 1. The molecule has 1 heterocycles. The first kappa shape index (κ1) is 11.8. The molecule has 1 aliphatic rings. The summed E-state index contributed by atoms with van der Waals surface area (Å²) in [4.78, 5) is 3.05. The van der Waals surface area contributed by atoms with Gasteiger partial charge in [0, 0.05) is 4.90 Å². The van der Waals surface area contributed by atoms with Gasteiger partial charge in [-0.15, -0.1) is 0 Å². The molecule has 0 unspecified atom stereocenters. The molecule has 0 saturated heterocycles. The summed E-state index contributed by atoms with van der Waals surface area (Å²) in [5.74, 6) is 0. The second kappa shape index (κ2) is 6.15. The average Bonchev–Trinajstić information content (AvgIpc) is 2.29. The molecule has 0 bridgehead atoms.